The van der Waals surface area contributed by atoms with Crippen molar-refractivity contribution in [3.05, 3.63) is 21.3 Å². The first-order valence-corrected chi connectivity index (χ1v) is 10.00. The Bertz CT molecular complexity index is 565. The van der Waals surface area contributed by atoms with Crippen molar-refractivity contribution in [1.29, 1.82) is 0 Å². The van der Waals surface area contributed by atoms with E-state index in [0.717, 1.165) is 68.8 Å². The molecule has 1 saturated heterocycles. The molecule has 0 atom stereocenters. The van der Waals surface area contributed by atoms with Crippen molar-refractivity contribution < 1.29 is 5.11 Å². The molecule has 0 unspecified atom stereocenters. The molecule has 1 aliphatic carbocycles. The van der Waals surface area contributed by atoms with Crippen LogP contribution in [-0.2, 0) is 6.54 Å². The molecule has 1 aliphatic heterocycles. The monoisotopic (exact) mass is 370 g/mol. The minimum Gasteiger partial charge on any atom is -0.388 e. The Hall–Kier alpha value is -0.820. The normalized spacial score (nSPS) is 21.6. The summed E-state index contributed by atoms with van der Waals surface area (Å²) in [4.78, 5) is 10.8. The highest BCUT2D eigenvalue weighted by Crippen LogP contribution is 2.31. The fourth-order valence-electron chi connectivity index (χ4n) is 3.17. The Morgan fingerprint density at radius 2 is 2.08 bits per heavy atom. The molecular formula is C17H27ClN4OS. The van der Waals surface area contributed by atoms with Crippen LogP contribution in [0.1, 0.15) is 31.1 Å². The van der Waals surface area contributed by atoms with Crippen LogP contribution in [0.25, 0.3) is 0 Å². The second-order valence-electron chi connectivity index (χ2n) is 6.72. The lowest BCUT2D eigenvalue weighted by Gasteiger charge is -2.38. The van der Waals surface area contributed by atoms with Crippen molar-refractivity contribution in [2.24, 2.45) is 4.99 Å². The number of aliphatic hydroxyl groups is 1. The van der Waals surface area contributed by atoms with Gasteiger partial charge < -0.3 is 15.3 Å². The maximum absolute atomic E-state index is 10.3. The molecule has 0 bridgehead atoms. The van der Waals surface area contributed by atoms with Gasteiger partial charge in [-0.1, -0.05) is 11.6 Å². The topological polar surface area (TPSA) is 51.1 Å². The van der Waals surface area contributed by atoms with Crippen LogP contribution < -0.4 is 5.32 Å². The Morgan fingerprint density at radius 3 is 2.62 bits per heavy atom. The summed E-state index contributed by atoms with van der Waals surface area (Å²) in [6, 6.07) is 4.09. The summed E-state index contributed by atoms with van der Waals surface area (Å²) < 4.78 is 0.860. The van der Waals surface area contributed by atoms with Gasteiger partial charge >= 0.3 is 0 Å². The molecule has 2 aliphatic rings. The maximum atomic E-state index is 10.3. The number of nitrogens with zero attached hydrogens (tertiary/aromatic N) is 3. The number of guanidine groups is 1. The summed E-state index contributed by atoms with van der Waals surface area (Å²) in [7, 11) is 0. The van der Waals surface area contributed by atoms with Gasteiger partial charge in [0.1, 0.15) is 0 Å². The molecule has 1 aromatic rings. The Morgan fingerprint density at radius 1 is 1.33 bits per heavy atom. The largest absolute Gasteiger partial charge is 0.388 e. The zero-order chi connectivity index (χ0) is 17.0. The number of hydrogen-bond acceptors (Lipinski definition) is 4. The van der Waals surface area contributed by atoms with Crippen LogP contribution in [0, 0.1) is 0 Å². The van der Waals surface area contributed by atoms with E-state index < -0.39 is 5.60 Å². The summed E-state index contributed by atoms with van der Waals surface area (Å²) >= 11 is 7.68. The third-order valence-electron chi connectivity index (χ3n) is 4.82. The average molecular weight is 371 g/mol. The lowest BCUT2D eigenvalue weighted by molar-refractivity contribution is -0.0238. The third-order valence-corrected chi connectivity index (χ3v) is 6.04. The quantitative estimate of drug-likeness (QED) is 0.617. The number of hydrogen-bond donors (Lipinski definition) is 2. The molecule has 1 saturated carbocycles. The molecule has 0 amide bonds. The third kappa shape index (κ3) is 4.63. The lowest BCUT2D eigenvalue weighted by Crippen LogP contribution is -2.52. The van der Waals surface area contributed by atoms with Crippen molar-refractivity contribution in [2.45, 2.75) is 38.3 Å². The predicted octanol–water partition coefficient (Wildman–Crippen LogP) is 2.40. The van der Waals surface area contributed by atoms with Gasteiger partial charge in [0.2, 0.25) is 0 Å². The summed E-state index contributed by atoms with van der Waals surface area (Å²) in [5, 5.41) is 13.6. The summed E-state index contributed by atoms with van der Waals surface area (Å²) in [6.45, 7) is 8.39. The zero-order valence-corrected chi connectivity index (χ0v) is 15.9. The van der Waals surface area contributed by atoms with Gasteiger partial charge in [0, 0.05) is 44.1 Å². The molecule has 7 heteroatoms. The van der Waals surface area contributed by atoms with Gasteiger partial charge in [0.05, 0.1) is 16.5 Å². The van der Waals surface area contributed by atoms with E-state index in [9.17, 15) is 5.11 Å². The highest BCUT2D eigenvalue weighted by Gasteiger charge is 2.34. The van der Waals surface area contributed by atoms with Crippen LogP contribution in [0.2, 0.25) is 4.34 Å². The number of piperazine rings is 1. The smallest absolute Gasteiger partial charge is 0.194 e. The molecule has 3 rings (SSSR count). The second-order valence-corrected chi connectivity index (χ2v) is 8.52. The maximum Gasteiger partial charge on any atom is 0.194 e. The van der Waals surface area contributed by atoms with Crippen LogP contribution in [0.5, 0.6) is 0 Å². The zero-order valence-electron chi connectivity index (χ0n) is 14.3. The van der Waals surface area contributed by atoms with E-state index in [1.54, 1.807) is 11.3 Å². The van der Waals surface area contributed by atoms with E-state index in [1.807, 2.05) is 6.07 Å². The fraction of sp³-hybridized carbons (Fsp3) is 0.706. The first-order valence-electron chi connectivity index (χ1n) is 8.80. The summed E-state index contributed by atoms with van der Waals surface area (Å²) in [5.41, 5.74) is -0.555. The van der Waals surface area contributed by atoms with E-state index >= 15 is 0 Å². The molecule has 2 heterocycles. The highest BCUT2D eigenvalue weighted by atomic mass is 35.5. The van der Waals surface area contributed by atoms with Crippen molar-refractivity contribution in [1.82, 2.24) is 15.1 Å². The summed E-state index contributed by atoms with van der Waals surface area (Å²) in [6.07, 6.45) is 2.88. The molecule has 2 fully saturated rings. The number of aliphatic imine (C=N–C) groups is 1. The van der Waals surface area contributed by atoms with Gasteiger partial charge in [0.25, 0.3) is 0 Å². The highest BCUT2D eigenvalue weighted by molar-refractivity contribution is 7.16. The standard InChI is InChI=1S/C17H27ClN4OS/c1-2-19-16(20-13-17(23)6-3-7-17)22-10-8-21(9-11-22)12-14-4-5-15(18)24-14/h4-5,23H,2-3,6-13H2,1H3,(H,19,20). The van der Waals surface area contributed by atoms with E-state index in [2.05, 4.69) is 28.1 Å². The van der Waals surface area contributed by atoms with Gasteiger partial charge in [-0.25, -0.2) is 0 Å². The Labute approximate surface area is 153 Å². The van der Waals surface area contributed by atoms with E-state index in [0.29, 0.717) is 6.54 Å². The van der Waals surface area contributed by atoms with Crippen LogP contribution in [0.15, 0.2) is 17.1 Å². The minimum atomic E-state index is -0.555. The number of nitrogens with one attached hydrogen (secondary N) is 1. The molecular weight excluding hydrogens is 344 g/mol. The van der Waals surface area contributed by atoms with Gasteiger partial charge in [-0.05, 0) is 38.3 Å². The first kappa shape index (κ1) is 18.0. The minimum absolute atomic E-state index is 0.517. The average Bonchev–Trinajstić information content (AvgIpc) is 2.95. The van der Waals surface area contributed by atoms with Crippen LogP contribution in [-0.4, -0.2) is 65.7 Å². The Kier molecular flexibility index (Phi) is 6.02. The van der Waals surface area contributed by atoms with E-state index in [1.165, 1.54) is 4.88 Å². The SMILES string of the molecule is CCNC(=NCC1(O)CCC1)N1CCN(Cc2ccc(Cl)s2)CC1. The van der Waals surface area contributed by atoms with Crippen LogP contribution in [0.3, 0.4) is 0 Å². The van der Waals surface area contributed by atoms with Crippen LogP contribution >= 0.6 is 22.9 Å². The molecule has 24 heavy (non-hydrogen) atoms. The number of thiophene rings is 1. The van der Waals surface area contributed by atoms with Crippen molar-refractivity contribution in [2.75, 3.05) is 39.3 Å². The molecule has 0 aromatic carbocycles. The molecule has 0 spiro atoms. The lowest BCUT2D eigenvalue weighted by atomic mass is 9.80. The molecule has 1 aromatic heterocycles. The molecule has 0 radical (unpaired) electrons. The van der Waals surface area contributed by atoms with Gasteiger partial charge in [-0.15, -0.1) is 11.3 Å². The fourth-order valence-corrected chi connectivity index (χ4v) is 4.30. The van der Waals surface area contributed by atoms with Gasteiger partial charge in [-0.2, -0.15) is 0 Å². The summed E-state index contributed by atoms with van der Waals surface area (Å²) in [5.74, 6) is 0.941. The first-order chi connectivity index (χ1) is 11.6. The number of rotatable bonds is 5. The van der Waals surface area contributed by atoms with E-state index in [4.69, 9.17) is 16.6 Å². The van der Waals surface area contributed by atoms with Crippen LogP contribution in [0.4, 0.5) is 0 Å². The van der Waals surface area contributed by atoms with Crippen molar-refractivity contribution in [3.63, 3.8) is 0 Å². The Balaban J connectivity index is 1.51. The second kappa shape index (κ2) is 8.04. The van der Waals surface area contributed by atoms with Crippen molar-refractivity contribution in [3.8, 4) is 0 Å². The van der Waals surface area contributed by atoms with Crippen molar-refractivity contribution >= 4 is 28.9 Å². The molecule has 2 N–H and O–H groups in total. The van der Waals surface area contributed by atoms with E-state index in [-0.39, 0.29) is 0 Å². The molecule has 134 valence electrons. The molecule has 5 nitrogen and oxygen atoms in total. The number of halogens is 1. The predicted molar refractivity (Wildman–Crippen MR) is 101 cm³/mol. The van der Waals surface area contributed by atoms with Gasteiger partial charge in [0.15, 0.2) is 5.96 Å². The van der Waals surface area contributed by atoms with Gasteiger partial charge in [-0.3, -0.25) is 9.89 Å².